The van der Waals surface area contributed by atoms with Gasteiger partial charge in [-0.3, -0.25) is 19.0 Å². The zero-order valence-corrected chi connectivity index (χ0v) is 17.8. The van der Waals surface area contributed by atoms with Gasteiger partial charge in [0, 0.05) is 44.8 Å². The minimum absolute atomic E-state index is 0.0828. The van der Waals surface area contributed by atoms with Crippen LogP contribution in [-0.4, -0.2) is 62.3 Å². The van der Waals surface area contributed by atoms with Crippen molar-refractivity contribution in [2.75, 3.05) is 26.2 Å². The molecular weight excluding hydrogens is 406 g/mol. The van der Waals surface area contributed by atoms with E-state index in [0.717, 1.165) is 18.4 Å². The number of hydrogen-bond donors (Lipinski definition) is 0. The quantitative estimate of drug-likeness (QED) is 0.614. The summed E-state index contributed by atoms with van der Waals surface area (Å²) in [6, 6.07) is 13.4. The standard InChI is InChI=1S/C24H25N5O3/c30-22(18-8-9-18)27-13-15-28(16-14-27)23(31)20-24(32)29(12-10-17-5-2-1-3-6-17)21-19(26-20)7-4-11-25-21/h1-7,11,18H,8-10,12-16H2. The Labute approximate surface area is 185 Å². The van der Waals surface area contributed by atoms with Crippen molar-refractivity contribution in [3.63, 3.8) is 0 Å². The van der Waals surface area contributed by atoms with Crippen LogP contribution in [0.1, 0.15) is 28.9 Å². The van der Waals surface area contributed by atoms with Gasteiger partial charge in [-0.25, -0.2) is 9.97 Å². The molecule has 2 aliphatic rings. The second-order valence-electron chi connectivity index (χ2n) is 8.39. The lowest BCUT2D eigenvalue weighted by molar-refractivity contribution is -0.134. The molecule has 2 fully saturated rings. The number of amides is 2. The molecule has 5 rings (SSSR count). The zero-order valence-electron chi connectivity index (χ0n) is 17.8. The Morgan fingerprint density at radius 3 is 2.38 bits per heavy atom. The number of carbonyl (C=O) groups is 2. The molecule has 32 heavy (non-hydrogen) atoms. The molecule has 164 valence electrons. The van der Waals surface area contributed by atoms with E-state index in [1.54, 1.807) is 27.8 Å². The highest BCUT2D eigenvalue weighted by Gasteiger charge is 2.35. The highest BCUT2D eigenvalue weighted by Crippen LogP contribution is 2.31. The van der Waals surface area contributed by atoms with Gasteiger partial charge in [-0.15, -0.1) is 0 Å². The van der Waals surface area contributed by atoms with Crippen molar-refractivity contribution in [2.45, 2.75) is 25.8 Å². The van der Waals surface area contributed by atoms with Crippen LogP contribution in [0.2, 0.25) is 0 Å². The third-order valence-corrected chi connectivity index (χ3v) is 6.18. The van der Waals surface area contributed by atoms with Crippen LogP contribution in [0.4, 0.5) is 0 Å². The maximum Gasteiger partial charge on any atom is 0.283 e. The fourth-order valence-electron chi connectivity index (χ4n) is 4.18. The Balaban J connectivity index is 1.40. The smallest absolute Gasteiger partial charge is 0.283 e. The Morgan fingerprint density at radius 1 is 0.938 bits per heavy atom. The third-order valence-electron chi connectivity index (χ3n) is 6.18. The van der Waals surface area contributed by atoms with Crippen LogP contribution in [-0.2, 0) is 17.8 Å². The molecule has 8 heteroatoms. The maximum atomic E-state index is 13.3. The molecule has 1 saturated carbocycles. The van der Waals surface area contributed by atoms with E-state index in [0.29, 0.717) is 50.3 Å². The van der Waals surface area contributed by atoms with Gasteiger partial charge in [0.15, 0.2) is 11.3 Å². The van der Waals surface area contributed by atoms with E-state index in [2.05, 4.69) is 9.97 Å². The summed E-state index contributed by atoms with van der Waals surface area (Å²) in [5.41, 5.74) is 1.59. The van der Waals surface area contributed by atoms with Crippen molar-refractivity contribution in [2.24, 2.45) is 5.92 Å². The average Bonchev–Trinajstić information content (AvgIpc) is 3.69. The number of benzene rings is 1. The number of hydrogen-bond acceptors (Lipinski definition) is 5. The molecule has 1 aliphatic carbocycles. The maximum absolute atomic E-state index is 13.3. The molecule has 0 unspecified atom stereocenters. The number of piperazine rings is 1. The summed E-state index contributed by atoms with van der Waals surface area (Å²) < 4.78 is 1.55. The first-order valence-corrected chi connectivity index (χ1v) is 11.1. The average molecular weight is 431 g/mol. The number of rotatable bonds is 5. The molecule has 0 bridgehead atoms. The number of aromatic nitrogens is 3. The molecule has 2 amide bonds. The van der Waals surface area contributed by atoms with Gasteiger partial charge in [-0.05, 0) is 37.0 Å². The van der Waals surface area contributed by atoms with E-state index in [4.69, 9.17) is 0 Å². The van der Waals surface area contributed by atoms with Crippen molar-refractivity contribution >= 4 is 23.0 Å². The summed E-state index contributed by atoms with van der Waals surface area (Å²) in [6.07, 6.45) is 4.21. The topological polar surface area (TPSA) is 88.4 Å². The SMILES string of the molecule is O=C(c1nc2cccnc2n(CCc2ccccc2)c1=O)N1CCN(C(=O)C2CC2)CC1. The summed E-state index contributed by atoms with van der Waals surface area (Å²) in [5, 5.41) is 0. The molecule has 0 radical (unpaired) electrons. The van der Waals surface area contributed by atoms with E-state index in [1.165, 1.54) is 0 Å². The highest BCUT2D eigenvalue weighted by molar-refractivity contribution is 5.93. The van der Waals surface area contributed by atoms with Crippen molar-refractivity contribution in [1.29, 1.82) is 0 Å². The molecule has 2 aromatic heterocycles. The summed E-state index contributed by atoms with van der Waals surface area (Å²) >= 11 is 0. The third kappa shape index (κ3) is 4.00. The first kappa shape index (κ1) is 20.4. The first-order chi connectivity index (χ1) is 15.6. The predicted octanol–water partition coefficient (Wildman–Crippen LogP) is 1.73. The molecule has 1 aliphatic heterocycles. The van der Waals surface area contributed by atoms with Gasteiger partial charge in [-0.1, -0.05) is 30.3 Å². The molecule has 0 N–H and O–H groups in total. The van der Waals surface area contributed by atoms with Crippen molar-refractivity contribution in [3.8, 4) is 0 Å². The van der Waals surface area contributed by atoms with Crippen LogP contribution >= 0.6 is 0 Å². The molecule has 1 aromatic carbocycles. The first-order valence-electron chi connectivity index (χ1n) is 11.1. The van der Waals surface area contributed by atoms with Crippen LogP contribution in [0, 0.1) is 5.92 Å². The number of nitrogens with zero attached hydrogens (tertiary/aromatic N) is 5. The lowest BCUT2D eigenvalue weighted by Gasteiger charge is -2.34. The summed E-state index contributed by atoms with van der Waals surface area (Å²) in [6.45, 7) is 2.22. The van der Waals surface area contributed by atoms with Crippen LogP contribution in [0.15, 0.2) is 53.5 Å². The fraction of sp³-hybridized carbons (Fsp3) is 0.375. The molecule has 0 spiro atoms. The van der Waals surface area contributed by atoms with E-state index in [-0.39, 0.29) is 23.4 Å². The van der Waals surface area contributed by atoms with Crippen LogP contribution in [0.3, 0.4) is 0 Å². The molecule has 1 saturated heterocycles. The fourth-order valence-corrected chi connectivity index (χ4v) is 4.18. The van der Waals surface area contributed by atoms with E-state index in [1.807, 2.05) is 35.2 Å². The van der Waals surface area contributed by atoms with Gasteiger partial charge < -0.3 is 9.80 Å². The summed E-state index contributed by atoms with van der Waals surface area (Å²) in [4.78, 5) is 51.0. The highest BCUT2D eigenvalue weighted by atomic mass is 16.2. The minimum atomic E-state index is -0.423. The van der Waals surface area contributed by atoms with Gasteiger partial charge in [0.1, 0.15) is 5.52 Å². The van der Waals surface area contributed by atoms with Crippen molar-refractivity contribution < 1.29 is 9.59 Å². The van der Waals surface area contributed by atoms with Gasteiger partial charge in [0.2, 0.25) is 5.91 Å². The number of pyridine rings is 1. The number of fused-ring (bicyclic) bond motifs is 1. The Kier molecular flexibility index (Phi) is 5.43. The molecular formula is C24H25N5O3. The lowest BCUT2D eigenvalue weighted by atomic mass is 10.1. The van der Waals surface area contributed by atoms with Gasteiger partial charge in [0.05, 0.1) is 0 Å². The van der Waals surface area contributed by atoms with Crippen molar-refractivity contribution in [3.05, 3.63) is 70.3 Å². The van der Waals surface area contributed by atoms with E-state index in [9.17, 15) is 14.4 Å². The molecule has 3 heterocycles. The van der Waals surface area contributed by atoms with Gasteiger partial charge in [0.25, 0.3) is 11.5 Å². The summed E-state index contributed by atoms with van der Waals surface area (Å²) in [5.74, 6) is -0.0215. The summed E-state index contributed by atoms with van der Waals surface area (Å²) in [7, 11) is 0. The van der Waals surface area contributed by atoms with E-state index < -0.39 is 5.56 Å². The predicted molar refractivity (Wildman–Crippen MR) is 119 cm³/mol. The largest absolute Gasteiger partial charge is 0.339 e. The number of carbonyl (C=O) groups excluding carboxylic acids is 2. The van der Waals surface area contributed by atoms with Gasteiger partial charge in [-0.2, -0.15) is 0 Å². The molecule has 0 atom stereocenters. The lowest BCUT2D eigenvalue weighted by Crippen LogP contribution is -2.52. The molecule has 8 nitrogen and oxygen atoms in total. The van der Waals surface area contributed by atoms with E-state index >= 15 is 0 Å². The van der Waals surface area contributed by atoms with Crippen LogP contribution < -0.4 is 5.56 Å². The van der Waals surface area contributed by atoms with Crippen LogP contribution in [0.25, 0.3) is 11.2 Å². The Bertz CT molecular complexity index is 1210. The monoisotopic (exact) mass is 431 g/mol. The van der Waals surface area contributed by atoms with Crippen molar-refractivity contribution in [1.82, 2.24) is 24.3 Å². The van der Waals surface area contributed by atoms with Crippen LogP contribution in [0.5, 0.6) is 0 Å². The van der Waals surface area contributed by atoms with Gasteiger partial charge >= 0.3 is 0 Å². The Morgan fingerprint density at radius 2 is 1.66 bits per heavy atom. The normalized spacial score (nSPS) is 16.4. The molecule has 3 aromatic rings. The zero-order chi connectivity index (χ0) is 22.1. The second kappa shape index (κ2) is 8.53. The Hall–Kier alpha value is -3.55. The number of aryl methyl sites for hydroxylation is 2. The second-order valence-corrected chi connectivity index (χ2v) is 8.39. The minimum Gasteiger partial charge on any atom is -0.339 e.